The molecule has 0 fully saturated rings. The molecule has 1 rings (SSSR count). The monoisotopic (exact) mass is 461 g/mol. The minimum absolute atomic E-state index is 0.419. The van der Waals surface area contributed by atoms with Crippen LogP contribution >= 0.6 is 0 Å². The van der Waals surface area contributed by atoms with Crippen molar-refractivity contribution in [2.45, 2.75) is 24.9 Å². The standard InChI is InChI=1S/C11H9F6NO8S2/c1-3-24-9(19)7-6(25-27(20,21)10(12,13)14)4-5(2)18-8(7)26-28(22,23)11(15,16)17/h4H,3H2,1-2H3. The molecule has 0 atom stereocenters. The second-order valence-corrected chi connectivity index (χ2v) is 7.70. The third-order valence-corrected chi connectivity index (χ3v) is 4.42. The molecule has 0 unspecified atom stereocenters. The summed E-state index contributed by atoms with van der Waals surface area (Å²) in [6.45, 7) is 1.61. The van der Waals surface area contributed by atoms with Crippen molar-refractivity contribution in [1.29, 1.82) is 0 Å². The number of halogens is 6. The number of nitrogens with zero attached hydrogens (tertiary/aromatic N) is 1. The van der Waals surface area contributed by atoms with E-state index < -0.39 is 66.7 Å². The highest BCUT2D eigenvalue weighted by Crippen LogP contribution is 2.36. The Labute approximate surface area is 153 Å². The lowest BCUT2D eigenvalue weighted by Crippen LogP contribution is -2.30. The third-order valence-electron chi connectivity index (χ3n) is 2.51. The van der Waals surface area contributed by atoms with Gasteiger partial charge >= 0.3 is 37.2 Å². The summed E-state index contributed by atoms with van der Waals surface area (Å²) in [5.74, 6) is -4.95. The van der Waals surface area contributed by atoms with Crippen molar-refractivity contribution in [1.82, 2.24) is 4.98 Å². The van der Waals surface area contributed by atoms with E-state index in [9.17, 15) is 48.0 Å². The van der Waals surface area contributed by atoms with Crippen LogP contribution in [0.1, 0.15) is 23.0 Å². The van der Waals surface area contributed by atoms with E-state index in [4.69, 9.17) is 0 Å². The van der Waals surface area contributed by atoms with Crippen LogP contribution in [-0.2, 0) is 25.0 Å². The first-order chi connectivity index (χ1) is 12.4. The van der Waals surface area contributed by atoms with Crippen molar-refractivity contribution >= 4 is 26.2 Å². The number of pyridine rings is 1. The number of hydrogen-bond donors (Lipinski definition) is 0. The average molecular weight is 461 g/mol. The van der Waals surface area contributed by atoms with Gasteiger partial charge in [-0.1, -0.05) is 0 Å². The molecule has 0 aliphatic rings. The van der Waals surface area contributed by atoms with Crippen molar-refractivity contribution in [2.75, 3.05) is 6.61 Å². The zero-order valence-electron chi connectivity index (χ0n) is 13.6. The molecular formula is C11H9F6NO8S2. The fraction of sp³-hybridized carbons (Fsp3) is 0.455. The molecular weight excluding hydrogens is 452 g/mol. The van der Waals surface area contributed by atoms with Gasteiger partial charge in [-0.05, 0) is 13.8 Å². The first kappa shape index (κ1) is 23.7. The lowest BCUT2D eigenvalue weighted by atomic mass is 10.2. The first-order valence-corrected chi connectivity index (χ1v) is 9.45. The number of rotatable bonds is 6. The molecule has 160 valence electrons. The van der Waals surface area contributed by atoms with E-state index >= 15 is 0 Å². The minimum atomic E-state index is -6.42. The highest BCUT2D eigenvalue weighted by molar-refractivity contribution is 7.88. The summed E-state index contributed by atoms with van der Waals surface area (Å²) in [4.78, 5) is 15.1. The molecule has 0 N–H and O–H groups in total. The largest absolute Gasteiger partial charge is 0.534 e. The van der Waals surface area contributed by atoms with Crippen LogP contribution in [0, 0.1) is 6.92 Å². The van der Waals surface area contributed by atoms with E-state index in [2.05, 4.69) is 18.1 Å². The van der Waals surface area contributed by atoms with E-state index in [1.807, 2.05) is 0 Å². The van der Waals surface area contributed by atoms with Crippen molar-refractivity contribution in [3.63, 3.8) is 0 Å². The van der Waals surface area contributed by atoms with Crippen LogP contribution in [0.25, 0.3) is 0 Å². The van der Waals surface area contributed by atoms with Gasteiger partial charge in [-0.3, -0.25) is 0 Å². The van der Waals surface area contributed by atoms with Crippen LogP contribution in [0.4, 0.5) is 26.3 Å². The van der Waals surface area contributed by atoms with Gasteiger partial charge in [0.25, 0.3) is 5.88 Å². The fourth-order valence-electron chi connectivity index (χ4n) is 1.45. The van der Waals surface area contributed by atoms with Gasteiger partial charge in [-0.25, -0.2) is 9.78 Å². The van der Waals surface area contributed by atoms with E-state index in [0.29, 0.717) is 6.07 Å². The Morgan fingerprint density at radius 2 is 1.46 bits per heavy atom. The number of hydrogen-bond acceptors (Lipinski definition) is 9. The predicted octanol–water partition coefficient (Wildman–Crippen LogP) is 2.02. The molecule has 17 heteroatoms. The Bertz CT molecular complexity index is 901. The van der Waals surface area contributed by atoms with E-state index in [1.54, 1.807) is 0 Å². The van der Waals surface area contributed by atoms with Crippen molar-refractivity contribution in [2.24, 2.45) is 0 Å². The molecule has 0 aromatic carbocycles. The van der Waals surface area contributed by atoms with Gasteiger partial charge in [0.1, 0.15) is 0 Å². The second-order valence-electron chi connectivity index (χ2n) is 4.63. The number of aromatic nitrogens is 1. The molecule has 0 aliphatic carbocycles. The molecule has 1 aromatic heterocycles. The van der Waals surface area contributed by atoms with Crippen molar-refractivity contribution < 1.29 is 61.1 Å². The average Bonchev–Trinajstić information content (AvgIpc) is 2.43. The first-order valence-electron chi connectivity index (χ1n) is 6.63. The van der Waals surface area contributed by atoms with Gasteiger partial charge in [0.2, 0.25) is 0 Å². The normalized spacial score (nSPS) is 13.1. The number of ether oxygens (including phenoxy) is 1. The smallest absolute Gasteiger partial charge is 0.462 e. The molecule has 0 saturated carbocycles. The highest BCUT2D eigenvalue weighted by atomic mass is 32.2. The topological polar surface area (TPSA) is 126 Å². The molecule has 0 radical (unpaired) electrons. The van der Waals surface area contributed by atoms with Crippen molar-refractivity contribution in [3.05, 3.63) is 17.3 Å². The molecule has 0 amide bonds. The van der Waals surface area contributed by atoms with E-state index in [-0.39, 0.29) is 0 Å². The SMILES string of the molecule is CCOC(=O)c1c(OS(=O)(=O)C(F)(F)F)cc(C)nc1OS(=O)(=O)C(F)(F)F. The maximum Gasteiger partial charge on any atom is 0.534 e. The summed E-state index contributed by atoms with van der Waals surface area (Å²) in [7, 11) is -12.8. The Hall–Kier alpha value is -2.30. The Morgan fingerprint density at radius 1 is 1.00 bits per heavy atom. The molecule has 0 bridgehead atoms. The predicted molar refractivity (Wildman–Crippen MR) is 76.1 cm³/mol. The number of esters is 1. The Morgan fingerprint density at radius 3 is 1.89 bits per heavy atom. The van der Waals surface area contributed by atoms with Gasteiger partial charge in [-0.2, -0.15) is 43.2 Å². The molecule has 9 nitrogen and oxygen atoms in total. The van der Waals surface area contributed by atoms with Gasteiger partial charge in [0.15, 0.2) is 11.3 Å². The summed E-state index contributed by atoms with van der Waals surface area (Å²) in [5, 5.41) is 0. The molecule has 0 saturated heterocycles. The van der Waals surface area contributed by atoms with Gasteiger partial charge < -0.3 is 13.1 Å². The third kappa shape index (κ3) is 5.15. The molecule has 1 heterocycles. The number of carbonyl (C=O) groups is 1. The van der Waals surface area contributed by atoms with Crippen LogP contribution < -0.4 is 8.37 Å². The van der Waals surface area contributed by atoms with Crippen LogP contribution in [0.5, 0.6) is 11.6 Å². The quantitative estimate of drug-likeness (QED) is 0.271. The van der Waals surface area contributed by atoms with Crippen LogP contribution in [0.3, 0.4) is 0 Å². The number of alkyl halides is 6. The van der Waals surface area contributed by atoms with E-state index in [0.717, 1.165) is 6.92 Å². The minimum Gasteiger partial charge on any atom is -0.462 e. The lowest BCUT2D eigenvalue weighted by molar-refractivity contribution is -0.0503. The summed E-state index contributed by atoms with van der Waals surface area (Å²) in [5.41, 5.74) is -14.0. The number of carbonyl (C=O) groups excluding carboxylic acids is 1. The van der Waals surface area contributed by atoms with Gasteiger partial charge in [0, 0.05) is 11.8 Å². The van der Waals surface area contributed by atoms with E-state index in [1.165, 1.54) is 6.92 Å². The van der Waals surface area contributed by atoms with Crippen LogP contribution in [0.2, 0.25) is 0 Å². The fourth-order valence-corrected chi connectivity index (χ4v) is 2.33. The Kier molecular flexibility index (Phi) is 6.45. The zero-order chi connectivity index (χ0) is 22.1. The van der Waals surface area contributed by atoms with Crippen molar-refractivity contribution in [3.8, 4) is 11.6 Å². The molecule has 28 heavy (non-hydrogen) atoms. The Balaban J connectivity index is 3.70. The second kappa shape index (κ2) is 7.61. The van der Waals surface area contributed by atoms with Gasteiger partial charge in [-0.15, -0.1) is 0 Å². The molecule has 1 aromatic rings. The van der Waals surface area contributed by atoms with Gasteiger partial charge in [0.05, 0.1) is 6.61 Å². The maximum absolute atomic E-state index is 12.5. The summed E-state index contributed by atoms with van der Waals surface area (Å²) in [6.07, 6.45) is 0. The molecule has 0 aliphatic heterocycles. The summed E-state index contributed by atoms with van der Waals surface area (Å²) >= 11 is 0. The van der Waals surface area contributed by atoms with Crippen LogP contribution in [-0.4, -0.2) is 45.4 Å². The summed E-state index contributed by atoms with van der Waals surface area (Å²) < 4.78 is 131. The zero-order valence-corrected chi connectivity index (χ0v) is 15.2. The maximum atomic E-state index is 12.5. The molecule has 0 spiro atoms. The highest BCUT2D eigenvalue weighted by Gasteiger charge is 2.51. The number of aryl methyl sites for hydroxylation is 1. The summed E-state index contributed by atoms with van der Waals surface area (Å²) in [6, 6.07) is 0.419. The lowest BCUT2D eigenvalue weighted by Gasteiger charge is -2.16. The van der Waals surface area contributed by atoms with Crippen LogP contribution in [0.15, 0.2) is 6.07 Å².